The number of hydrogen-bond acceptors (Lipinski definition) is 3. The van der Waals surface area contributed by atoms with Crippen molar-refractivity contribution in [3.05, 3.63) is 59.4 Å². The van der Waals surface area contributed by atoms with Gasteiger partial charge in [-0.2, -0.15) is 0 Å². The summed E-state index contributed by atoms with van der Waals surface area (Å²) in [6.07, 6.45) is 0. The Labute approximate surface area is 125 Å². The standard InChI is InChI=1S/C14H12F3NO3S/c1-21-10-4-2-3-9(7-10)8-18-22(19,20)12-6-5-11(15)13(16)14(12)17/h2-7,18H,8H2,1H3. The Morgan fingerprint density at radius 3 is 2.50 bits per heavy atom. The van der Waals surface area contributed by atoms with Gasteiger partial charge in [0.15, 0.2) is 17.5 Å². The fourth-order valence-corrected chi connectivity index (χ4v) is 2.84. The van der Waals surface area contributed by atoms with Crippen molar-refractivity contribution < 1.29 is 26.3 Å². The van der Waals surface area contributed by atoms with Crippen molar-refractivity contribution in [3.8, 4) is 5.75 Å². The zero-order chi connectivity index (χ0) is 16.3. The lowest BCUT2D eigenvalue weighted by Gasteiger charge is -2.09. The van der Waals surface area contributed by atoms with Crippen LogP contribution in [-0.2, 0) is 16.6 Å². The maximum atomic E-state index is 13.5. The lowest BCUT2D eigenvalue weighted by atomic mass is 10.2. The van der Waals surface area contributed by atoms with Crippen LogP contribution in [-0.4, -0.2) is 15.5 Å². The van der Waals surface area contributed by atoms with Crippen LogP contribution in [0.5, 0.6) is 5.75 Å². The van der Waals surface area contributed by atoms with Crippen molar-refractivity contribution in [1.82, 2.24) is 4.72 Å². The first-order chi connectivity index (χ1) is 10.3. The minimum absolute atomic E-state index is 0.155. The number of ether oxygens (including phenoxy) is 1. The highest BCUT2D eigenvalue weighted by Gasteiger charge is 2.23. The van der Waals surface area contributed by atoms with Crippen LogP contribution in [0.2, 0.25) is 0 Å². The summed E-state index contributed by atoms with van der Waals surface area (Å²) in [6.45, 7) is -0.155. The summed E-state index contributed by atoms with van der Waals surface area (Å²) in [6, 6.07) is 7.77. The average molecular weight is 331 g/mol. The van der Waals surface area contributed by atoms with Crippen LogP contribution in [0, 0.1) is 17.5 Å². The lowest BCUT2D eigenvalue weighted by molar-refractivity contribution is 0.414. The molecule has 0 fully saturated rings. The van der Waals surface area contributed by atoms with Crippen LogP contribution in [0.1, 0.15) is 5.56 Å². The minimum Gasteiger partial charge on any atom is -0.497 e. The number of benzene rings is 2. The van der Waals surface area contributed by atoms with E-state index in [1.54, 1.807) is 24.3 Å². The summed E-state index contributed by atoms with van der Waals surface area (Å²) in [5.41, 5.74) is 0.561. The molecule has 0 amide bonds. The third kappa shape index (κ3) is 3.40. The largest absolute Gasteiger partial charge is 0.497 e. The summed E-state index contributed by atoms with van der Waals surface area (Å²) in [5, 5.41) is 0. The molecule has 0 unspecified atom stereocenters. The molecular weight excluding hydrogens is 319 g/mol. The van der Waals surface area contributed by atoms with Crippen LogP contribution in [0.3, 0.4) is 0 Å². The number of nitrogens with one attached hydrogen (secondary N) is 1. The molecule has 0 radical (unpaired) electrons. The van der Waals surface area contributed by atoms with Crippen molar-refractivity contribution in [2.75, 3.05) is 7.11 Å². The Bertz CT molecular complexity index is 794. The molecule has 2 aromatic rings. The molecule has 118 valence electrons. The number of methoxy groups -OCH3 is 1. The molecule has 0 atom stereocenters. The second-order valence-electron chi connectivity index (χ2n) is 4.35. The SMILES string of the molecule is COc1cccc(CNS(=O)(=O)c2ccc(F)c(F)c2F)c1. The average Bonchev–Trinajstić information content (AvgIpc) is 2.51. The molecule has 0 heterocycles. The molecule has 0 aliphatic carbocycles. The molecule has 0 saturated carbocycles. The van der Waals surface area contributed by atoms with Gasteiger partial charge in [-0.1, -0.05) is 12.1 Å². The molecule has 1 N–H and O–H groups in total. The van der Waals surface area contributed by atoms with Crippen molar-refractivity contribution >= 4 is 10.0 Å². The first-order valence-electron chi connectivity index (χ1n) is 6.11. The fraction of sp³-hybridized carbons (Fsp3) is 0.143. The number of hydrogen-bond donors (Lipinski definition) is 1. The summed E-state index contributed by atoms with van der Waals surface area (Å²) in [5.74, 6) is -4.51. The van der Waals surface area contributed by atoms with Gasteiger partial charge in [-0.25, -0.2) is 26.3 Å². The minimum atomic E-state index is -4.32. The highest BCUT2D eigenvalue weighted by atomic mass is 32.2. The van der Waals surface area contributed by atoms with E-state index in [9.17, 15) is 21.6 Å². The van der Waals surface area contributed by atoms with Gasteiger partial charge in [-0.15, -0.1) is 0 Å². The molecule has 0 aliphatic rings. The molecule has 0 bridgehead atoms. The molecule has 2 rings (SSSR count). The maximum Gasteiger partial charge on any atom is 0.243 e. The molecular formula is C14H12F3NO3S. The summed E-state index contributed by atoms with van der Waals surface area (Å²) >= 11 is 0. The number of rotatable bonds is 5. The molecule has 4 nitrogen and oxygen atoms in total. The normalized spacial score (nSPS) is 11.5. The van der Waals surface area contributed by atoms with Gasteiger partial charge in [0.2, 0.25) is 10.0 Å². The van der Waals surface area contributed by atoms with E-state index in [-0.39, 0.29) is 6.54 Å². The van der Waals surface area contributed by atoms with Crippen LogP contribution >= 0.6 is 0 Å². The second-order valence-corrected chi connectivity index (χ2v) is 6.08. The van der Waals surface area contributed by atoms with Crippen molar-refractivity contribution in [1.29, 1.82) is 0 Å². The summed E-state index contributed by atoms with van der Waals surface area (Å²) in [4.78, 5) is -0.950. The Morgan fingerprint density at radius 1 is 1.09 bits per heavy atom. The quantitative estimate of drug-likeness (QED) is 0.857. The van der Waals surface area contributed by atoms with Crippen molar-refractivity contribution in [2.24, 2.45) is 0 Å². The molecule has 8 heteroatoms. The Kier molecular flexibility index (Phi) is 4.72. The van der Waals surface area contributed by atoms with Gasteiger partial charge in [0.25, 0.3) is 0 Å². The summed E-state index contributed by atoms with van der Waals surface area (Å²) in [7, 11) is -2.86. The molecule has 0 spiro atoms. The molecule has 0 aliphatic heterocycles. The first-order valence-corrected chi connectivity index (χ1v) is 7.59. The Balaban J connectivity index is 2.23. The van der Waals surface area contributed by atoms with Gasteiger partial charge in [0, 0.05) is 6.54 Å². The van der Waals surface area contributed by atoms with Crippen LogP contribution < -0.4 is 9.46 Å². The lowest BCUT2D eigenvalue weighted by Crippen LogP contribution is -2.24. The number of halogens is 3. The number of sulfonamides is 1. The van der Waals surface area contributed by atoms with E-state index in [0.29, 0.717) is 23.4 Å². The van der Waals surface area contributed by atoms with Gasteiger partial charge in [-0.3, -0.25) is 0 Å². The second kappa shape index (κ2) is 6.37. The van der Waals surface area contributed by atoms with Crippen LogP contribution in [0.4, 0.5) is 13.2 Å². The molecule has 0 saturated heterocycles. The van der Waals surface area contributed by atoms with Crippen molar-refractivity contribution in [3.63, 3.8) is 0 Å². The Hall–Kier alpha value is -2.06. The predicted molar refractivity (Wildman–Crippen MR) is 73.3 cm³/mol. The fourth-order valence-electron chi connectivity index (χ4n) is 1.75. The molecule has 2 aromatic carbocycles. The molecule has 0 aromatic heterocycles. The smallest absolute Gasteiger partial charge is 0.243 e. The van der Waals surface area contributed by atoms with E-state index in [1.807, 2.05) is 0 Å². The monoisotopic (exact) mass is 331 g/mol. The Morgan fingerprint density at radius 2 is 1.82 bits per heavy atom. The van der Waals surface area contributed by atoms with Gasteiger partial charge in [0.05, 0.1) is 7.11 Å². The predicted octanol–water partition coefficient (Wildman–Crippen LogP) is 2.59. The van der Waals surface area contributed by atoms with Gasteiger partial charge in [0.1, 0.15) is 10.6 Å². The van der Waals surface area contributed by atoms with Gasteiger partial charge >= 0.3 is 0 Å². The molecule has 22 heavy (non-hydrogen) atoms. The maximum absolute atomic E-state index is 13.5. The first kappa shape index (κ1) is 16.3. The van der Waals surface area contributed by atoms with E-state index in [1.165, 1.54) is 7.11 Å². The third-order valence-electron chi connectivity index (χ3n) is 2.89. The van der Waals surface area contributed by atoms with E-state index in [4.69, 9.17) is 4.74 Å². The zero-order valence-corrected chi connectivity index (χ0v) is 12.3. The topological polar surface area (TPSA) is 55.4 Å². The van der Waals surface area contributed by atoms with Gasteiger partial charge < -0.3 is 4.74 Å². The van der Waals surface area contributed by atoms with E-state index in [0.717, 1.165) is 0 Å². The van der Waals surface area contributed by atoms with E-state index < -0.39 is 32.4 Å². The summed E-state index contributed by atoms with van der Waals surface area (Å²) < 4.78 is 70.6. The van der Waals surface area contributed by atoms with Crippen LogP contribution in [0.25, 0.3) is 0 Å². The van der Waals surface area contributed by atoms with E-state index >= 15 is 0 Å². The highest BCUT2D eigenvalue weighted by molar-refractivity contribution is 7.89. The zero-order valence-electron chi connectivity index (χ0n) is 11.4. The van der Waals surface area contributed by atoms with Crippen molar-refractivity contribution in [2.45, 2.75) is 11.4 Å². The van der Waals surface area contributed by atoms with Crippen LogP contribution in [0.15, 0.2) is 41.3 Å². The van der Waals surface area contributed by atoms with E-state index in [2.05, 4.69) is 4.72 Å². The third-order valence-corrected chi connectivity index (χ3v) is 4.31. The highest BCUT2D eigenvalue weighted by Crippen LogP contribution is 2.20. The van der Waals surface area contributed by atoms with Gasteiger partial charge in [-0.05, 0) is 29.8 Å².